The molecular weight excluding hydrogens is 174 g/mol. The third-order valence-electron chi connectivity index (χ3n) is 2.37. The summed E-state index contributed by atoms with van der Waals surface area (Å²) in [5, 5.41) is 3.42. The van der Waals surface area contributed by atoms with Crippen LogP contribution in [0.4, 0.5) is 0 Å². The standard InChI is InChI=1S/C12H17NO/c1-2-4-11(5-3-1)10-14-9-8-13-12-6-7-12/h1-5,12-13H,6-10H2. The Morgan fingerprint density at radius 1 is 1.21 bits per heavy atom. The molecule has 0 unspecified atom stereocenters. The summed E-state index contributed by atoms with van der Waals surface area (Å²) in [4.78, 5) is 0. The van der Waals surface area contributed by atoms with Gasteiger partial charge in [-0.1, -0.05) is 30.3 Å². The van der Waals surface area contributed by atoms with Crippen LogP contribution in [0.25, 0.3) is 0 Å². The van der Waals surface area contributed by atoms with Gasteiger partial charge in [0.05, 0.1) is 13.2 Å². The largest absolute Gasteiger partial charge is 0.375 e. The molecule has 0 bridgehead atoms. The number of hydrogen-bond acceptors (Lipinski definition) is 2. The number of ether oxygens (including phenoxy) is 1. The van der Waals surface area contributed by atoms with E-state index >= 15 is 0 Å². The topological polar surface area (TPSA) is 21.3 Å². The van der Waals surface area contributed by atoms with Crippen LogP contribution in [-0.4, -0.2) is 19.2 Å². The summed E-state index contributed by atoms with van der Waals surface area (Å²) < 4.78 is 5.54. The Balaban J connectivity index is 1.54. The van der Waals surface area contributed by atoms with Gasteiger partial charge < -0.3 is 10.1 Å². The van der Waals surface area contributed by atoms with Crippen LogP contribution in [0.3, 0.4) is 0 Å². The fraction of sp³-hybridized carbons (Fsp3) is 0.500. The molecule has 0 heterocycles. The predicted molar refractivity (Wildman–Crippen MR) is 57.1 cm³/mol. The van der Waals surface area contributed by atoms with Gasteiger partial charge >= 0.3 is 0 Å². The van der Waals surface area contributed by atoms with Crippen molar-refractivity contribution in [2.45, 2.75) is 25.5 Å². The van der Waals surface area contributed by atoms with E-state index in [1.54, 1.807) is 0 Å². The Hall–Kier alpha value is -0.860. The number of hydrogen-bond donors (Lipinski definition) is 1. The number of benzene rings is 1. The zero-order valence-electron chi connectivity index (χ0n) is 8.41. The Kier molecular flexibility index (Phi) is 3.55. The van der Waals surface area contributed by atoms with Gasteiger partial charge in [0, 0.05) is 12.6 Å². The van der Waals surface area contributed by atoms with Gasteiger partial charge in [-0.2, -0.15) is 0 Å². The lowest BCUT2D eigenvalue weighted by Gasteiger charge is -2.04. The molecule has 1 saturated carbocycles. The molecule has 0 aromatic heterocycles. The Morgan fingerprint density at radius 3 is 2.71 bits per heavy atom. The lowest BCUT2D eigenvalue weighted by molar-refractivity contribution is 0.122. The minimum Gasteiger partial charge on any atom is -0.375 e. The summed E-state index contributed by atoms with van der Waals surface area (Å²) in [5.41, 5.74) is 1.25. The molecule has 0 saturated heterocycles. The lowest BCUT2D eigenvalue weighted by Crippen LogP contribution is -2.21. The molecule has 0 spiro atoms. The van der Waals surface area contributed by atoms with E-state index in [4.69, 9.17) is 4.74 Å². The van der Waals surface area contributed by atoms with Crippen LogP contribution in [0, 0.1) is 0 Å². The van der Waals surface area contributed by atoms with Crippen LogP contribution in [0.1, 0.15) is 18.4 Å². The molecule has 1 fully saturated rings. The normalized spacial score (nSPS) is 15.7. The predicted octanol–water partition coefficient (Wildman–Crippen LogP) is 1.96. The molecule has 2 nitrogen and oxygen atoms in total. The highest BCUT2D eigenvalue weighted by molar-refractivity contribution is 5.13. The summed E-state index contributed by atoms with van der Waals surface area (Å²) >= 11 is 0. The maximum atomic E-state index is 5.54. The molecule has 2 heteroatoms. The van der Waals surface area contributed by atoms with E-state index in [0.717, 1.165) is 25.8 Å². The van der Waals surface area contributed by atoms with Crippen LogP contribution in [0.2, 0.25) is 0 Å². The van der Waals surface area contributed by atoms with Gasteiger partial charge in [0.25, 0.3) is 0 Å². The summed E-state index contributed by atoms with van der Waals surface area (Å²) in [6.45, 7) is 2.52. The maximum Gasteiger partial charge on any atom is 0.0717 e. The van der Waals surface area contributed by atoms with Crippen molar-refractivity contribution in [2.75, 3.05) is 13.2 Å². The first kappa shape index (κ1) is 9.69. The van der Waals surface area contributed by atoms with Crippen molar-refractivity contribution < 1.29 is 4.74 Å². The molecule has 1 aromatic carbocycles. The second-order valence-corrected chi connectivity index (χ2v) is 3.77. The molecule has 0 aliphatic heterocycles. The fourth-order valence-electron chi connectivity index (χ4n) is 1.39. The summed E-state index contributed by atoms with van der Waals surface area (Å²) in [7, 11) is 0. The zero-order valence-corrected chi connectivity index (χ0v) is 8.41. The van der Waals surface area contributed by atoms with Gasteiger partial charge in [-0.3, -0.25) is 0 Å². The van der Waals surface area contributed by atoms with Gasteiger partial charge in [0.2, 0.25) is 0 Å². The van der Waals surface area contributed by atoms with Crippen molar-refractivity contribution in [1.82, 2.24) is 5.32 Å². The van der Waals surface area contributed by atoms with Gasteiger partial charge in [-0.05, 0) is 18.4 Å². The average molecular weight is 191 g/mol. The van der Waals surface area contributed by atoms with Gasteiger partial charge in [0.15, 0.2) is 0 Å². The van der Waals surface area contributed by atoms with E-state index < -0.39 is 0 Å². The summed E-state index contributed by atoms with van der Waals surface area (Å²) in [6.07, 6.45) is 2.69. The first-order valence-corrected chi connectivity index (χ1v) is 5.30. The number of nitrogens with one attached hydrogen (secondary N) is 1. The molecular formula is C12H17NO. The van der Waals surface area contributed by atoms with E-state index in [1.807, 2.05) is 18.2 Å². The quantitative estimate of drug-likeness (QED) is 0.694. The highest BCUT2D eigenvalue weighted by Crippen LogP contribution is 2.17. The van der Waals surface area contributed by atoms with Crippen molar-refractivity contribution in [1.29, 1.82) is 0 Å². The third kappa shape index (κ3) is 3.48. The van der Waals surface area contributed by atoms with Crippen LogP contribution < -0.4 is 5.32 Å². The molecule has 0 amide bonds. The van der Waals surface area contributed by atoms with Gasteiger partial charge in [-0.25, -0.2) is 0 Å². The van der Waals surface area contributed by atoms with E-state index in [1.165, 1.54) is 18.4 Å². The van der Waals surface area contributed by atoms with Gasteiger partial charge in [-0.15, -0.1) is 0 Å². The summed E-state index contributed by atoms with van der Waals surface area (Å²) in [5.74, 6) is 0. The first-order valence-electron chi connectivity index (χ1n) is 5.30. The first-order chi connectivity index (χ1) is 6.95. The van der Waals surface area contributed by atoms with Gasteiger partial charge in [0.1, 0.15) is 0 Å². The van der Waals surface area contributed by atoms with Crippen LogP contribution in [0.15, 0.2) is 30.3 Å². The molecule has 1 aliphatic carbocycles. The second-order valence-electron chi connectivity index (χ2n) is 3.77. The van der Waals surface area contributed by atoms with E-state index in [-0.39, 0.29) is 0 Å². The molecule has 0 radical (unpaired) electrons. The fourth-order valence-corrected chi connectivity index (χ4v) is 1.39. The molecule has 1 aromatic rings. The van der Waals surface area contributed by atoms with Crippen LogP contribution in [0.5, 0.6) is 0 Å². The van der Waals surface area contributed by atoms with Crippen LogP contribution >= 0.6 is 0 Å². The molecule has 1 aliphatic rings. The maximum absolute atomic E-state index is 5.54. The monoisotopic (exact) mass is 191 g/mol. The van der Waals surface area contributed by atoms with Crippen molar-refractivity contribution in [3.8, 4) is 0 Å². The Labute approximate surface area is 85.3 Å². The van der Waals surface area contributed by atoms with Crippen LogP contribution in [-0.2, 0) is 11.3 Å². The zero-order chi connectivity index (χ0) is 9.64. The highest BCUT2D eigenvalue weighted by atomic mass is 16.5. The van der Waals surface area contributed by atoms with E-state index in [2.05, 4.69) is 17.4 Å². The number of rotatable bonds is 6. The minimum absolute atomic E-state index is 0.729. The highest BCUT2D eigenvalue weighted by Gasteiger charge is 2.19. The SMILES string of the molecule is c1ccc(COCCNC2CC2)cc1. The minimum atomic E-state index is 0.729. The molecule has 76 valence electrons. The Bertz CT molecular complexity index is 256. The van der Waals surface area contributed by atoms with Crippen molar-refractivity contribution >= 4 is 0 Å². The van der Waals surface area contributed by atoms with Crippen molar-refractivity contribution in [3.63, 3.8) is 0 Å². The lowest BCUT2D eigenvalue weighted by atomic mass is 10.2. The van der Waals surface area contributed by atoms with E-state index in [0.29, 0.717) is 0 Å². The Morgan fingerprint density at radius 2 is 2.00 bits per heavy atom. The molecule has 2 rings (SSSR count). The van der Waals surface area contributed by atoms with Crippen molar-refractivity contribution in [3.05, 3.63) is 35.9 Å². The average Bonchev–Trinajstić information content (AvgIpc) is 3.03. The van der Waals surface area contributed by atoms with Crippen molar-refractivity contribution in [2.24, 2.45) is 0 Å². The summed E-state index contributed by atoms with van der Waals surface area (Å²) in [6, 6.07) is 11.1. The molecule has 14 heavy (non-hydrogen) atoms. The molecule has 1 N–H and O–H groups in total. The smallest absolute Gasteiger partial charge is 0.0717 e. The second kappa shape index (κ2) is 5.13. The van der Waals surface area contributed by atoms with E-state index in [9.17, 15) is 0 Å². The third-order valence-corrected chi connectivity index (χ3v) is 2.37. The molecule has 0 atom stereocenters.